The fourth-order valence-electron chi connectivity index (χ4n) is 0.166. The van der Waals surface area contributed by atoms with Gasteiger partial charge in [-0.05, 0) is 10.5 Å². The monoisotopic (exact) mass is 135 g/mol. The molecule has 0 aromatic heterocycles. The number of hydrogen-bond acceptors (Lipinski definition) is 7. The van der Waals surface area contributed by atoms with Gasteiger partial charge in [-0.2, -0.15) is 16.6 Å². The molecule has 9 heavy (non-hydrogen) atoms. The minimum atomic E-state index is 0.927. The Morgan fingerprint density at radius 2 is 1.78 bits per heavy atom. The number of nitrogens with two attached hydrogens (primary N) is 3. The van der Waals surface area contributed by atoms with Gasteiger partial charge in [0.2, 0.25) is 0 Å². The summed E-state index contributed by atoms with van der Waals surface area (Å²) in [6.07, 6.45) is 0. The second-order valence-corrected chi connectivity index (χ2v) is 0.909. The Balaban J connectivity index is 3.31. The van der Waals surface area contributed by atoms with Crippen molar-refractivity contribution < 1.29 is 0 Å². The number of hydrogen-bond donors (Lipinski definition) is 6. The Labute approximate surface area is 51.0 Å². The maximum atomic E-state index is 4.85. The Morgan fingerprint density at radius 1 is 1.22 bits per heavy atom. The van der Waals surface area contributed by atoms with Gasteiger partial charge in [-0.15, -0.1) is 0 Å². The second-order valence-electron chi connectivity index (χ2n) is 0.909. The zero-order valence-corrected chi connectivity index (χ0v) is 4.57. The highest BCUT2D eigenvalue weighted by Crippen LogP contribution is 1.58. The molecule has 0 rings (SSSR count). The van der Waals surface area contributed by atoms with E-state index in [-0.39, 0.29) is 0 Å². The van der Waals surface area contributed by atoms with Gasteiger partial charge in [-0.3, -0.25) is 11.7 Å². The van der Waals surface area contributed by atoms with E-state index in [0.29, 0.717) is 0 Å². The fraction of sp³-hybridized carbons (Fsp3) is 0. The summed E-state index contributed by atoms with van der Waals surface area (Å²) in [4.78, 5) is 0. The molecule has 0 radical (unpaired) electrons. The highest BCUT2D eigenvalue weighted by atomic mass is 16.0. The molecular weight excluding hydrogens is 126 g/mol. The van der Waals surface area contributed by atoms with Gasteiger partial charge in [-0.1, -0.05) is 5.22 Å². The van der Waals surface area contributed by atoms with Gasteiger partial charge in [0.05, 0.1) is 0 Å². The average Bonchev–Trinajstić information content (AvgIpc) is 1.91. The number of nitrogens with one attached hydrogen (secondary N) is 3. The van der Waals surface area contributed by atoms with Crippen molar-refractivity contribution in [2.45, 2.75) is 0 Å². The molecule has 0 fully saturated rings. The summed E-state index contributed by atoms with van der Waals surface area (Å²) in [6, 6.07) is 0. The van der Waals surface area contributed by atoms with Crippen LogP contribution < -0.4 is 34.1 Å². The van der Waals surface area contributed by atoms with Crippen molar-refractivity contribution in [3.63, 3.8) is 0 Å². The largest absolute Gasteiger partial charge is 0.303 e. The summed E-state index contributed by atoms with van der Waals surface area (Å²) in [6.45, 7) is 0. The first kappa shape index (κ1) is 8.00. The van der Waals surface area contributed by atoms with E-state index in [2.05, 4.69) is 32.9 Å². The fourth-order valence-corrected chi connectivity index (χ4v) is 0.166. The molecule has 9 heteroatoms. The van der Waals surface area contributed by atoms with Gasteiger partial charge >= 0.3 is 0 Å². The first-order valence-corrected chi connectivity index (χ1v) is 1.93. The van der Waals surface area contributed by atoms with Crippen LogP contribution in [-0.4, -0.2) is 5.23 Å². The van der Waals surface area contributed by atoms with Crippen molar-refractivity contribution in [1.29, 1.82) is 0 Å². The molecule has 0 amide bonds. The number of hydrazine groups is 5. The summed E-state index contributed by atoms with van der Waals surface area (Å²) in [7, 11) is 0. The van der Waals surface area contributed by atoms with Gasteiger partial charge in [-0.25, -0.2) is 0 Å². The zero-order valence-electron chi connectivity index (χ0n) is 4.57. The lowest BCUT2D eigenvalue weighted by Crippen LogP contribution is -2.59. The predicted molar refractivity (Wildman–Crippen MR) is 28.7 cm³/mol. The summed E-state index contributed by atoms with van der Waals surface area (Å²) < 4.78 is 0. The molecule has 0 aliphatic carbocycles. The van der Waals surface area contributed by atoms with Gasteiger partial charge in [0.1, 0.15) is 0 Å². The van der Waals surface area contributed by atoms with Crippen LogP contribution in [0.4, 0.5) is 0 Å². The highest BCUT2D eigenvalue weighted by molar-refractivity contribution is 4.13. The van der Waals surface area contributed by atoms with E-state index in [1.54, 1.807) is 0 Å². The topological polar surface area (TPSA) is 142 Å². The molecule has 0 aliphatic rings. The maximum Gasteiger partial charge on any atom is -0.0379 e. The number of rotatable bonds is 4. The summed E-state index contributed by atoms with van der Waals surface area (Å²) in [5.41, 5.74) is 6.29. The summed E-state index contributed by atoms with van der Waals surface area (Å²) >= 11 is 0. The lowest BCUT2D eigenvalue weighted by molar-refractivity contribution is 0.0451. The maximum absolute atomic E-state index is 4.85. The smallest absolute Gasteiger partial charge is 0.0379 e. The van der Waals surface area contributed by atoms with Crippen molar-refractivity contribution in [1.82, 2.24) is 21.8 Å². The Morgan fingerprint density at radius 3 is 2.11 bits per heavy atom. The van der Waals surface area contributed by atoms with Crippen molar-refractivity contribution >= 4 is 0 Å². The average molecular weight is 135 g/mol. The Kier molecular flexibility index (Phi) is 4.57. The van der Waals surface area contributed by atoms with Gasteiger partial charge in [0.15, 0.2) is 0 Å². The lowest BCUT2D eigenvalue weighted by atomic mass is 12.0. The first-order valence-electron chi connectivity index (χ1n) is 1.93. The molecule has 0 heterocycles. The molecule has 0 saturated heterocycles. The van der Waals surface area contributed by atoms with Crippen LogP contribution in [0.25, 0.3) is 0 Å². The standard InChI is InChI=1S/H9N9/c1-4-7-8-9(5-2)6-3/h5-6H,2-3H2,(H2,1,7)(H,4,8). The molecule has 0 atom stereocenters. The van der Waals surface area contributed by atoms with Crippen molar-refractivity contribution in [2.75, 3.05) is 0 Å². The molecule has 0 saturated carbocycles. The molecule has 54 valence electrons. The zero-order chi connectivity index (χ0) is 7.11. The minimum Gasteiger partial charge on any atom is -0.303 e. The second kappa shape index (κ2) is 5.14. The van der Waals surface area contributed by atoms with Crippen molar-refractivity contribution in [3.05, 3.63) is 0 Å². The van der Waals surface area contributed by atoms with Crippen LogP contribution in [0.1, 0.15) is 0 Å². The van der Waals surface area contributed by atoms with Gasteiger partial charge in [0.25, 0.3) is 0 Å². The molecular formula is H9N9. The molecule has 0 aliphatic heterocycles. The van der Waals surface area contributed by atoms with E-state index in [9.17, 15) is 0 Å². The minimum absolute atomic E-state index is 0.927. The third kappa shape index (κ3) is 3.57. The van der Waals surface area contributed by atoms with Crippen molar-refractivity contribution in [3.8, 4) is 0 Å². The van der Waals surface area contributed by atoms with Crippen LogP contribution >= 0.6 is 0 Å². The van der Waals surface area contributed by atoms with Crippen molar-refractivity contribution in [2.24, 2.45) is 28.0 Å². The summed E-state index contributed by atoms with van der Waals surface area (Å²) in [5.74, 6) is 14.3. The van der Waals surface area contributed by atoms with E-state index < -0.39 is 0 Å². The van der Waals surface area contributed by atoms with E-state index in [1.807, 2.05) is 0 Å². The third-order valence-corrected chi connectivity index (χ3v) is 0.461. The molecule has 9 nitrogen and oxygen atoms in total. The highest BCUT2D eigenvalue weighted by Gasteiger charge is 1.90. The molecule has 0 aromatic carbocycles. The third-order valence-electron chi connectivity index (χ3n) is 0.461. The number of nitrogens with zero attached hydrogens (tertiary/aromatic N) is 3. The van der Waals surface area contributed by atoms with E-state index >= 15 is 0 Å². The quantitative estimate of drug-likeness (QED) is 0.135. The molecule has 0 bridgehead atoms. The van der Waals surface area contributed by atoms with Crippen LogP contribution in [-0.2, 0) is 0 Å². The predicted octanol–water partition coefficient (Wildman–Crippen LogP) is -3.21. The molecule has 9 N–H and O–H groups in total. The van der Waals surface area contributed by atoms with E-state index in [0.717, 1.165) is 5.23 Å². The van der Waals surface area contributed by atoms with Crippen LogP contribution in [0.15, 0.2) is 10.4 Å². The van der Waals surface area contributed by atoms with E-state index in [1.165, 1.54) is 0 Å². The Hall–Kier alpha value is -1.00. The van der Waals surface area contributed by atoms with Crippen LogP contribution in [0.3, 0.4) is 0 Å². The van der Waals surface area contributed by atoms with Crippen LogP contribution in [0.2, 0.25) is 0 Å². The molecule has 0 spiro atoms. The lowest BCUT2D eigenvalue weighted by Gasteiger charge is -2.14. The first-order chi connectivity index (χ1) is 4.35. The van der Waals surface area contributed by atoms with Gasteiger partial charge in [0, 0.05) is 0 Å². The summed E-state index contributed by atoms with van der Waals surface area (Å²) in [5, 5.41) is 6.89. The normalized spacial score (nSPS) is 11.0. The van der Waals surface area contributed by atoms with Crippen LogP contribution in [0, 0.1) is 0 Å². The van der Waals surface area contributed by atoms with Crippen LogP contribution in [0.5, 0.6) is 0 Å². The van der Waals surface area contributed by atoms with E-state index in [4.69, 9.17) is 11.7 Å². The molecule has 0 unspecified atom stereocenters. The SMILES string of the molecule is NN=NNN(NN)NN. The Bertz CT molecular complexity index is 68.1. The molecule has 0 aromatic rings. The van der Waals surface area contributed by atoms with Gasteiger partial charge < -0.3 is 5.84 Å².